The first-order valence-corrected chi connectivity index (χ1v) is 9.34. The zero-order valence-electron chi connectivity index (χ0n) is 14.5. The molecule has 0 bridgehead atoms. The van der Waals surface area contributed by atoms with Crippen molar-refractivity contribution in [3.63, 3.8) is 0 Å². The van der Waals surface area contributed by atoms with Crippen molar-refractivity contribution in [2.75, 3.05) is 16.8 Å². The zero-order chi connectivity index (χ0) is 18.7. The Morgan fingerprint density at radius 1 is 1.19 bits per heavy atom. The average molecular weight is 391 g/mol. The summed E-state index contributed by atoms with van der Waals surface area (Å²) in [6.45, 7) is 2.71. The first kappa shape index (κ1) is 18.7. The summed E-state index contributed by atoms with van der Waals surface area (Å²) in [5, 5.41) is 4.05. The highest BCUT2D eigenvalue weighted by atomic mass is 35.5. The van der Waals surface area contributed by atoms with Gasteiger partial charge in [-0.3, -0.25) is 9.59 Å². The molecule has 2 aromatic rings. The minimum atomic E-state index is -0.0829. The molecule has 1 heterocycles. The van der Waals surface area contributed by atoms with Crippen LogP contribution >= 0.6 is 23.2 Å². The van der Waals surface area contributed by atoms with Crippen LogP contribution in [0, 0.1) is 6.92 Å². The first-order chi connectivity index (χ1) is 12.4. The number of hydrogen-bond acceptors (Lipinski definition) is 2. The molecule has 1 saturated heterocycles. The minimum Gasteiger partial charge on any atom is -0.326 e. The Hall–Kier alpha value is -2.04. The first-order valence-electron chi connectivity index (χ1n) is 8.59. The Morgan fingerprint density at radius 2 is 2.00 bits per heavy atom. The molecule has 4 nitrogen and oxygen atoms in total. The summed E-state index contributed by atoms with van der Waals surface area (Å²) in [6, 6.07) is 10.9. The van der Waals surface area contributed by atoms with Crippen molar-refractivity contribution < 1.29 is 9.59 Å². The number of benzene rings is 2. The fourth-order valence-electron chi connectivity index (χ4n) is 3.14. The highest BCUT2D eigenvalue weighted by Crippen LogP contribution is 2.27. The molecular formula is C20H20Cl2N2O2. The number of anilines is 2. The normalized spacial score (nSPS) is 14.0. The number of hydrogen-bond donors (Lipinski definition) is 1. The Kier molecular flexibility index (Phi) is 5.84. The van der Waals surface area contributed by atoms with Gasteiger partial charge in [-0.05, 0) is 61.2 Å². The molecule has 3 rings (SSSR count). The summed E-state index contributed by atoms with van der Waals surface area (Å²) >= 11 is 12.0. The monoisotopic (exact) mass is 390 g/mol. The number of carbonyl (C=O) groups is 2. The Morgan fingerprint density at radius 3 is 2.65 bits per heavy atom. The number of amides is 2. The zero-order valence-corrected chi connectivity index (χ0v) is 16.0. The van der Waals surface area contributed by atoms with E-state index in [1.807, 2.05) is 36.1 Å². The molecule has 0 aromatic heterocycles. The molecule has 0 aliphatic carbocycles. The molecular weight excluding hydrogens is 371 g/mol. The second-order valence-corrected chi connectivity index (χ2v) is 7.28. The molecule has 136 valence electrons. The van der Waals surface area contributed by atoms with E-state index in [4.69, 9.17) is 23.2 Å². The van der Waals surface area contributed by atoms with Crippen molar-refractivity contribution in [1.29, 1.82) is 0 Å². The van der Waals surface area contributed by atoms with Crippen LogP contribution in [0.4, 0.5) is 11.4 Å². The molecule has 2 amide bonds. The van der Waals surface area contributed by atoms with Crippen molar-refractivity contribution in [2.45, 2.75) is 32.6 Å². The van der Waals surface area contributed by atoms with E-state index in [9.17, 15) is 9.59 Å². The summed E-state index contributed by atoms with van der Waals surface area (Å²) < 4.78 is 0. The predicted molar refractivity (Wildman–Crippen MR) is 106 cm³/mol. The fourth-order valence-corrected chi connectivity index (χ4v) is 3.64. The lowest BCUT2D eigenvalue weighted by Gasteiger charge is -2.19. The highest BCUT2D eigenvalue weighted by Gasteiger charge is 2.23. The van der Waals surface area contributed by atoms with Gasteiger partial charge in [-0.2, -0.15) is 0 Å². The molecule has 0 unspecified atom stereocenters. The van der Waals surface area contributed by atoms with E-state index in [1.165, 1.54) is 0 Å². The van der Waals surface area contributed by atoms with Gasteiger partial charge in [-0.15, -0.1) is 0 Å². The molecule has 26 heavy (non-hydrogen) atoms. The van der Waals surface area contributed by atoms with Crippen molar-refractivity contribution in [2.24, 2.45) is 0 Å². The van der Waals surface area contributed by atoms with Crippen molar-refractivity contribution in [3.05, 3.63) is 57.6 Å². The third-order valence-electron chi connectivity index (χ3n) is 4.48. The van der Waals surface area contributed by atoms with Crippen LogP contribution in [-0.2, 0) is 16.0 Å². The van der Waals surface area contributed by atoms with Gasteiger partial charge in [0.2, 0.25) is 11.8 Å². The maximum absolute atomic E-state index is 12.2. The Balaban J connectivity index is 1.60. The summed E-state index contributed by atoms with van der Waals surface area (Å²) in [5.74, 6) is 0.0742. The molecule has 0 saturated carbocycles. The number of aryl methyl sites for hydroxylation is 2. The third-order valence-corrected chi connectivity index (χ3v) is 5.07. The van der Waals surface area contributed by atoms with Gasteiger partial charge in [0.15, 0.2) is 0 Å². The van der Waals surface area contributed by atoms with Gasteiger partial charge in [0.05, 0.1) is 0 Å². The number of nitrogens with zero attached hydrogens (tertiary/aromatic N) is 1. The lowest BCUT2D eigenvalue weighted by molar-refractivity contribution is -0.117. The van der Waals surface area contributed by atoms with E-state index in [2.05, 4.69) is 5.32 Å². The summed E-state index contributed by atoms with van der Waals surface area (Å²) in [7, 11) is 0. The van der Waals surface area contributed by atoms with Crippen molar-refractivity contribution >= 4 is 46.4 Å². The van der Waals surface area contributed by atoms with Gasteiger partial charge in [0.1, 0.15) is 0 Å². The third kappa shape index (κ3) is 4.37. The van der Waals surface area contributed by atoms with E-state index in [1.54, 1.807) is 12.1 Å². The topological polar surface area (TPSA) is 49.4 Å². The molecule has 1 aliphatic heterocycles. The molecule has 0 spiro atoms. The van der Waals surface area contributed by atoms with Crippen LogP contribution in [0.1, 0.15) is 30.4 Å². The van der Waals surface area contributed by atoms with E-state index in [0.717, 1.165) is 35.5 Å². The molecule has 1 fully saturated rings. The van der Waals surface area contributed by atoms with E-state index in [-0.39, 0.29) is 11.8 Å². The predicted octanol–water partition coefficient (Wildman–Crippen LogP) is 5.00. The Labute approximate surface area is 163 Å². The quantitative estimate of drug-likeness (QED) is 0.780. The van der Waals surface area contributed by atoms with Gasteiger partial charge in [-0.25, -0.2) is 0 Å². The van der Waals surface area contributed by atoms with Gasteiger partial charge in [0.25, 0.3) is 0 Å². The lowest BCUT2D eigenvalue weighted by atomic mass is 10.1. The fraction of sp³-hybridized carbons (Fsp3) is 0.300. The SMILES string of the molecule is Cc1cc(NC(=O)CCc2ccc(Cl)cc2Cl)ccc1N1CCCC1=O. The molecule has 6 heteroatoms. The smallest absolute Gasteiger partial charge is 0.227 e. The van der Waals surface area contributed by atoms with Crippen LogP contribution in [0.15, 0.2) is 36.4 Å². The second kappa shape index (κ2) is 8.11. The van der Waals surface area contributed by atoms with E-state index in [0.29, 0.717) is 29.3 Å². The highest BCUT2D eigenvalue weighted by molar-refractivity contribution is 6.35. The maximum atomic E-state index is 12.2. The van der Waals surface area contributed by atoms with Crippen LogP contribution in [0.25, 0.3) is 0 Å². The van der Waals surface area contributed by atoms with E-state index >= 15 is 0 Å². The average Bonchev–Trinajstić information content (AvgIpc) is 3.00. The van der Waals surface area contributed by atoms with Gasteiger partial charge in [-0.1, -0.05) is 29.3 Å². The number of rotatable bonds is 5. The Bertz CT molecular complexity index is 852. The van der Waals surface area contributed by atoms with Crippen LogP contribution in [-0.4, -0.2) is 18.4 Å². The van der Waals surface area contributed by atoms with Gasteiger partial charge in [0, 0.05) is 40.8 Å². The summed E-state index contributed by atoms with van der Waals surface area (Å²) in [6.07, 6.45) is 2.36. The number of carbonyl (C=O) groups excluding carboxylic acids is 2. The maximum Gasteiger partial charge on any atom is 0.227 e. The van der Waals surface area contributed by atoms with Gasteiger partial charge < -0.3 is 10.2 Å². The molecule has 0 atom stereocenters. The standard InChI is InChI=1S/C20H20Cl2N2O2/c1-13-11-16(7-8-18(13)24-10-2-3-20(24)26)23-19(25)9-5-14-4-6-15(21)12-17(14)22/h4,6-8,11-12H,2-3,5,9-10H2,1H3,(H,23,25). The van der Waals surface area contributed by atoms with Crippen LogP contribution in [0.5, 0.6) is 0 Å². The summed E-state index contributed by atoms with van der Waals surface area (Å²) in [5.41, 5.74) is 3.51. The second-order valence-electron chi connectivity index (χ2n) is 6.43. The number of nitrogens with one attached hydrogen (secondary N) is 1. The lowest BCUT2D eigenvalue weighted by Crippen LogP contribution is -2.24. The largest absolute Gasteiger partial charge is 0.326 e. The van der Waals surface area contributed by atoms with Gasteiger partial charge >= 0.3 is 0 Å². The van der Waals surface area contributed by atoms with Crippen LogP contribution < -0.4 is 10.2 Å². The summed E-state index contributed by atoms with van der Waals surface area (Å²) in [4.78, 5) is 25.9. The van der Waals surface area contributed by atoms with Crippen molar-refractivity contribution in [3.8, 4) is 0 Å². The van der Waals surface area contributed by atoms with Crippen LogP contribution in [0.3, 0.4) is 0 Å². The van der Waals surface area contributed by atoms with Crippen LogP contribution in [0.2, 0.25) is 10.0 Å². The minimum absolute atomic E-state index is 0.0829. The molecule has 1 N–H and O–H groups in total. The molecule has 1 aliphatic rings. The van der Waals surface area contributed by atoms with Crippen molar-refractivity contribution in [1.82, 2.24) is 0 Å². The van der Waals surface area contributed by atoms with E-state index < -0.39 is 0 Å². The molecule has 0 radical (unpaired) electrons. The number of halogens is 2. The molecule has 2 aromatic carbocycles.